The molecule has 0 radical (unpaired) electrons. The molecule has 1 fully saturated rings. The van der Waals surface area contributed by atoms with E-state index >= 15 is 0 Å². The topological polar surface area (TPSA) is 83.7 Å². The highest BCUT2D eigenvalue weighted by Crippen LogP contribution is 2.36. The highest BCUT2D eigenvalue weighted by Gasteiger charge is 2.51. The quantitative estimate of drug-likeness (QED) is 0.482. The molecule has 7 nitrogen and oxygen atoms in total. The van der Waals surface area contributed by atoms with Gasteiger partial charge < -0.3 is 14.0 Å². The lowest BCUT2D eigenvalue weighted by Gasteiger charge is -2.32. The van der Waals surface area contributed by atoms with Gasteiger partial charge in [-0.15, -0.1) is 0 Å². The van der Waals surface area contributed by atoms with Crippen molar-refractivity contribution in [3.63, 3.8) is 0 Å². The van der Waals surface area contributed by atoms with E-state index < -0.39 is 23.2 Å². The van der Waals surface area contributed by atoms with Crippen molar-refractivity contribution in [2.75, 3.05) is 0 Å². The van der Waals surface area contributed by atoms with Crippen LogP contribution in [-0.4, -0.2) is 28.2 Å². The molecule has 1 aliphatic rings. The monoisotopic (exact) mass is 342 g/mol. The molecule has 25 heavy (non-hydrogen) atoms. The SMILES string of the molecule is CC1(C)OB(c2ccc(Oc3ccc([N+](=O)[O-])cn3)cc2)OC1(C)C. The Morgan fingerprint density at radius 2 is 1.64 bits per heavy atom. The van der Waals surface area contributed by atoms with Crippen LogP contribution in [0, 0.1) is 10.1 Å². The third-order valence-electron chi connectivity index (χ3n) is 4.56. The number of nitro groups is 1. The Labute approximate surface area is 146 Å². The summed E-state index contributed by atoms with van der Waals surface area (Å²) in [7, 11) is -0.434. The largest absolute Gasteiger partial charge is 0.494 e. The number of benzene rings is 1. The summed E-state index contributed by atoms with van der Waals surface area (Å²) < 4.78 is 17.6. The highest BCUT2D eigenvalue weighted by atomic mass is 16.7. The second-order valence-corrected chi connectivity index (χ2v) is 6.87. The van der Waals surface area contributed by atoms with E-state index in [-0.39, 0.29) is 11.6 Å². The first-order valence-corrected chi connectivity index (χ1v) is 7.92. The standard InChI is InChI=1S/C17H19BN2O5/c1-16(2)17(3,4)25-18(24-16)12-5-8-14(9-6-12)23-15-10-7-13(11-19-15)20(21)22/h5-11H,1-4H3. The molecule has 130 valence electrons. The average Bonchev–Trinajstić information content (AvgIpc) is 2.76. The van der Waals surface area contributed by atoms with Gasteiger partial charge in [0.25, 0.3) is 5.69 Å². The first kappa shape index (κ1) is 17.4. The van der Waals surface area contributed by atoms with Crippen LogP contribution in [-0.2, 0) is 9.31 Å². The first-order chi connectivity index (χ1) is 11.7. The fourth-order valence-corrected chi connectivity index (χ4v) is 2.33. The van der Waals surface area contributed by atoms with Crippen molar-refractivity contribution < 1.29 is 19.0 Å². The van der Waals surface area contributed by atoms with Gasteiger partial charge >= 0.3 is 7.12 Å². The summed E-state index contributed by atoms with van der Waals surface area (Å²) in [6.07, 6.45) is 1.16. The van der Waals surface area contributed by atoms with E-state index in [0.717, 1.165) is 11.7 Å². The number of pyridine rings is 1. The molecule has 0 saturated carbocycles. The summed E-state index contributed by atoms with van der Waals surface area (Å²) in [5.41, 5.74) is 0.0245. The van der Waals surface area contributed by atoms with E-state index in [1.807, 2.05) is 39.8 Å². The first-order valence-electron chi connectivity index (χ1n) is 7.92. The summed E-state index contributed by atoms with van der Waals surface area (Å²) in [5, 5.41) is 10.6. The minimum absolute atomic E-state index is 0.0801. The number of rotatable bonds is 4. The number of aromatic nitrogens is 1. The molecule has 0 bridgehead atoms. The van der Waals surface area contributed by atoms with Gasteiger partial charge in [0.2, 0.25) is 5.88 Å². The molecule has 1 aromatic heterocycles. The molecular formula is C17H19BN2O5. The summed E-state index contributed by atoms with van der Waals surface area (Å²) in [4.78, 5) is 14.0. The van der Waals surface area contributed by atoms with E-state index in [4.69, 9.17) is 14.0 Å². The smallest absolute Gasteiger partial charge is 0.439 e. The van der Waals surface area contributed by atoms with Gasteiger partial charge in [-0.3, -0.25) is 10.1 Å². The molecule has 1 aliphatic heterocycles. The van der Waals surface area contributed by atoms with Crippen LogP contribution in [0.1, 0.15) is 27.7 Å². The van der Waals surface area contributed by atoms with E-state index in [0.29, 0.717) is 5.75 Å². The zero-order chi connectivity index (χ0) is 18.2. The van der Waals surface area contributed by atoms with E-state index in [2.05, 4.69) is 4.98 Å². The molecule has 3 rings (SSSR count). The highest BCUT2D eigenvalue weighted by molar-refractivity contribution is 6.62. The summed E-state index contributed by atoms with van der Waals surface area (Å²) >= 11 is 0. The zero-order valence-corrected chi connectivity index (χ0v) is 14.6. The predicted molar refractivity (Wildman–Crippen MR) is 93.1 cm³/mol. The Balaban J connectivity index is 1.70. The van der Waals surface area contributed by atoms with Crippen molar-refractivity contribution in [1.29, 1.82) is 0 Å². The minimum Gasteiger partial charge on any atom is -0.439 e. The van der Waals surface area contributed by atoms with Crippen LogP contribution in [0.3, 0.4) is 0 Å². The maximum Gasteiger partial charge on any atom is 0.494 e. The van der Waals surface area contributed by atoms with Gasteiger partial charge in [0.05, 0.1) is 16.1 Å². The molecule has 0 unspecified atom stereocenters. The summed E-state index contributed by atoms with van der Waals surface area (Å²) in [5.74, 6) is 0.857. The fraction of sp³-hybridized carbons (Fsp3) is 0.353. The van der Waals surface area contributed by atoms with Crippen LogP contribution in [0.25, 0.3) is 0 Å². The van der Waals surface area contributed by atoms with Crippen LogP contribution in [0.2, 0.25) is 0 Å². The zero-order valence-electron chi connectivity index (χ0n) is 14.6. The molecule has 1 saturated heterocycles. The lowest BCUT2D eigenvalue weighted by atomic mass is 9.79. The Morgan fingerprint density at radius 1 is 1.04 bits per heavy atom. The Morgan fingerprint density at radius 3 is 2.12 bits per heavy atom. The van der Waals surface area contributed by atoms with Crippen molar-refractivity contribution in [2.24, 2.45) is 0 Å². The third kappa shape index (κ3) is 3.50. The van der Waals surface area contributed by atoms with Crippen molar-refractivity contribution in [3.05, 3.63) is 52.7 Å². The molecule has 0 aliphatic carbocycles. The molecule has 2 aromatic rings. The number of ether oxygens (including phenoxy) is 1. The fourth-order valence-electron chi connectivity index (χ4n) is 2.33. The van der Waals surface area contributed by atoms with Gasteiger partial charge in [0, 0.05) is 12.1 Å². The Hall–Kier alpha value is -2.45. The molecule has 0 atom stereocenters. The lowest BCUT2D eigenvalue weighted by molar-refractivity contribution is -0.385. The van der Waals surface area contributed by atoms with Crippen molar-refractivity contribution in [1.82, 2.24) is 4.98 Å². The molecule has 8 heteroatoms. The number of hydrogen-bond acceptors (Lipinski definition) is 6. The maximum absolute atomic E-state index is 10.6. The molecule has 0 amide bonds. The van der Waals surface area contributed by atoms with Crippen LogP contribution in [0.4, 0.5) is 5.69 Å². The predicted octanol–water partition coefficient (Wildman–Crippen LogP) is 3.08. The van der Waals surface area contributed by atoms with Crippen molar-refractivity contribution >= 4 is 18.3 Å². The maximum atomic E-state index is 10.6. The van der Waals surface area contributed by atoms with Crippen LogP contribution >= 0.6 is 0 Å². The molecular weight excluding hydrogens is 323 g/mol. The van der Waals surface area contributed by atoms with Crippen LogP contribution in [0.5, 0.6) is 11.6 Å². The van der Waals surface area contributed by atoms with E-state index in [9.17, 15) is 10.1 Å². The molecule has 0 spiro atoms. The van der Waals surface area contributed by atoms with Crippen molar-refractivity contribution in [3.8, 4) is 11.6 Å². The average molecular weight is 342 g/mol. The van der Waals surface area contributed by atoms with Gasteiger partial charge in [-0.25, -0.2) is 4.98 Å². The second kappa shape index (κ2) is 6.13. The molecule has 1 aromatic carbocycles. The summed E-state index contributed by atoms with van der Waals surface area (Å²) in [6, 6.07) is 10.1. The van der Waals surface area contributed by atoms with Gasteiger partial charge in [-0.05, 0) is 45.3 Å². The minimum atomic E-state index is -0.504. The van der Waals surface area contributed by atoms with Gasteiger partial charge in [-0.2, -0.15) is 0 Å². The Bertz CT molecular complexity index is 759. The summed E-state index contributed by atoms with van der Waals surface area (Å²) in [6.45, 7) is 8.02. The van der Waals surface area contributed by atoms with Gasteiger partial charge in [0.15, 0.2) is 0 Å². The van der Waals surface area contributed by atoms with Crippen LogP contribution in [0.15, 0.2) is 42.6 Å². The molecule has 0 N–H and O–H groups in total. The van der Waals surface area contributed by atoms with E-state index in [1.165, 1.54) is 12.1 Å². The Kier molecular flexibility index (Phi) is 4.26. The number of hydrogen-bond donors (Lipinski definition) is 0. The normalized spacial score (nSPS) is 18.2. The van der Waals surface area contributed by atoms with E-state index in [1.54, 1.807) is 12.1 Å². The van der Waals surface area contributed by atoms with Gasteiger partial charge in [0.1, 0.15) is 11.9 Å². The lowest BCUT2D eigenvalue weighted by Crippen LogP contribution is -2.41. The molecule has 2 heterocycles. The van der Waals surface area contributed by atoms with Gasteiger partial charge in [-0.1, -0.05) is 12.1 Å². The number of nitrogens with zero attached hydrogens (tertiary/aromatic N) is 2. The van der Waals surface area contributed by atoms with Crippen LogP contribution < -0.4 is 10.2 Å². The van der Waals surface area contributed by atoms with Crippen molar-refractivity contribution in [2.45, 2.75) is 38.9 Å². The second-order valence-electron chi connectivity index (χ2n) is 6.87. The third-order valence-corrected chi connectivity index (χ3v) is 4.56.